The van der Waals surface area contributed by atoms with Gasteiger partial charge in [0.15, 0.2) is 0 Å². The number of aryl methyl sites for hydroxylation is 2. The highest BCUT2D eigenvalue weighted by atomic mass is 31.2. The van der Waals surface area contributed by atoms with Crippen LogP contribution in [-0.2, 0) is 20.5 Å². The molecule has 1 unspecified atom stereocenters. The summed E-state index contributed by atoms with van der Waals surface area (Å²) in [5, 5.41) is 2.81. The van der Waals surface area contributed by atoms with E-state index < -0.39 is 13.5 Å². The molecule has 7 heteroatoms. The van der Waals surface area contributed by atoms with E-state index in [-0.39, 0.29) is 19.2 Å². The number of unbranched alkanes of at least 4 members (excludes halogenated alkanes) is 2. The van der Waals surface area contributed by atoms with Crippen LogP contribution >= 0.6 is 7.52 Å². The number of rotatable bonds is 11. The Kier molecular flexibility index (Phi) is 8.39. The van der Waals surface area contributed by atoms with E-state index in [4.69, 9.17) is 14.0 Å². The minimum atomic E-state index is -3.37. The first kappa shape index (κ1) is 25.1. The predicted octanol–water partition coefficient (Wildman–Crippen LogP) is 6.50. The van der Waals surface area contributed by atoms with Crippen LogP contribution in [0.4, 0.5) is 0 Å². The third kappa shape index (κ3) is 6.07. The van der Waals surface area contributed by atoms with Crippen LogP contribution in [0.25, 0.3) is 16.9 Å². The molecule has 1 aliphatic rings. The van der Waals surface area contributed by atoms with Crippen LogP contribution in [0.1, 0.15) is 56.2 Å². The molecular formula is C26H34NO5P. The van der Waals surface area contributed by atoms with Gasteiger partial charge in [-0.25, -0.2) is 5.09 Å². The molecule has 33 heavy (non-hydrogen) atoms. The van der Waals surface area contributed by atoms with E-state index in [1.54, 1.807) is 14.0 Å². The summed E-state index contributed by atoms with van der Waals surface area (Å²) < 4.78 is 30.8. The summed E-state index contributed by atoms with van der Waals surface area (Å²) >= 11 is 0. The summed E-state index contributed by atoms with van der Waals surface area (Å²) in [7, 11) is -1.78. The molecule has 0 bridgehead atoms. The lowest BCUT2D eigenvalue weighted by atomic mass is 9.91. The largest absolute Gasteiger partial charge is 0.466 e. The number of ether oxygens (including phenoxy) is 2. The van der Waals surface area contributed by atoms with Crippen LogP contribution in [0.5, 0.6) is 11.5 Å². The highest BCUT2D eigenvalue weighted by molar-refractivity contribution is 7.57. The number of nitrogens with one attached hydrogen (secondary N) is 1. The van der Waals surface area contributed by atoms with Crippen LogP contribution in [0.2, 0.25) is 0 Å². The lowest BCUT2D eigenvalue weighted by molar-refractivity contribution is -0.142. The topological polar surface area (TPSA) is 73.9 Å². The van der Waals surface area contributed by atoms with Gasteiger partial charge in [0, 0.05) is 11.1 Å². The van der Waals surface area contributed by atoms with Gasteiger partial charge < -0.3 is 14.0 Å². The SMILES string of the molecule is C=C1Oc2cc(CCCCC)cc(OP(=O)(CCC(=O)OCC)NC)c2-c2cc(C)ccc21. The van der Waals surface area contributed by atoms with Crippen LogP contribution in [0, 0.1) is 6.92 Å². The number of hydrogen-bond donors (Lipinski definition) is 1. The Hall–Kier alpha value is -2.56. The van der Waals surface area contributed by atoms with Crippen molar-refractivity contribution >= 4 is 19.2 Å². The maximum Gasteiger partial charge on any atom is 0.316 e. The molecule has 0 radical (unpaired) electrons. The van der Waals surface area contributed by atoms with E-state index in [0.29, 0.717) is 17.3 Å². The van der Waals surface area contributed by atoms with Crippen molar-refractivity contribution in [1.82, 2.24) is 5.09 Å². The van der Waals surface area contributed by atoms with Crippen molar-refractivity contribution in [3.8, 4) is 22.6 Å². The third-order valence-electron chi connectivity index (χ3n) is 5.67. The molecular weight excluding hydrogens is 437 g/mol. The van der Waals surface area contributed by atoms with E-state index in [0.717, 1.165) is 53.5 Å². The van der Waals surface area contributed by atoms with Crippen molar-refractivity contribution in [2.45, 2.75) is 52.9 Å². The zero-order chi connectivity index (χ0) is 24.0. The van der Waals surface area contributed by atoms with Crippen molar-refractivity contribution in [3.05, 3.63) is 53.6 Å². The van der Waals surface area contributed by atoms with Gasteiger partial charge >= 0.3 is 13.5 Å². The zero-order valence-electron chi connectivity index (χ0n) is 20.0. The van der Waals surface area contributed by atoms with Crippen molar-refractivity contribution in [3.63, 3.8) is 0 Å². The Morgan fingerprint density at radius 1 is 1.15 bits per heavy atom. The van der Waals surface area contributed by atoms with Gasteiger partial charge in [-0.05, 0) is 51.4 Å². The molecule has 1 aliphatic heterocycles. The second-order valence-corrected chi connectivity index (χ2v) is 10.7. The van der Waals surface area contributed by atoms with Crippen molar-refractivity contribution < 1.29 is 23.4 Å². The van der Waals surface area contributed by atoms with Gasteiger partial charge in [0.05, 0.1) is 24.8 Å². The number of carbonyl (C=O) groups excluding carboxylic acids is 1. The summed E-state index contributed by atoms with van der Waals surface area (Å²) in [6, 6.07) is 10.0. The molecule has 0 aliphatic carbocycles. The number of esters is 1. The maximum atomic E-state index is 13.6. The van der Waals surface area contributed by atoms with Gasteiger partial charge in [0.1, 0.15) is 17.3 Å². The molecule has 0 saturated heterocycles. The molecule has 0 amide bonds. The van der Waals surface area contributed by atoms with E-state index in [9.17, 15) is 9.36 Å². The van der Waals surface area contributed by atoms with Gasteiger partial charge in [-0.3, -0.25) is 9.36 Å². The molecule has 1 atom stereocenters. The number of fused-ring (bicyclic) bond motifs is 3. The minimum absolute atomic E-state index is 0.00728. The normalized spacial score (nSPS) is 14.0. The molecule has 0 spiro atoms. The van der Waals surface area contributed by atoms with Gasteiger partial charge in [-0.1, -0.05) is 50.1 Å². The van der Waals surface area contributed by atoms with Crippen LogP contribution in [0.15, 0.2) is 36.9 Å². The molecule has 1 heterocycles. The first-order chi connectivity index (χ1) is 15.8. The molecule has 0 fully saturated rings. The molecule has 3 rings (SSSR count). The fourth-order valence-electron chi connectivity index (χ4n) is 3.91. The highest BCUT2D eigenvalue weighted by Crippen LogP contribution is 2.52. The zero-order valence-corrected chi connectivity index (χ0v) is 20.9. The molecule has 2 aromatic carbocycles. The second-order valence-electron chi connectivity index (χ2n) is 8.27. The van der Waals surface area contributed by atoms with Crippen LogP contribution in [0.3, 0.4) is 0 Å². The van der Waals surface area contributed by atoms with Crippen molar-refractivity contribution in [1.29, 1.82) is 0 Å². The van der Waals surface area contributed by atoms with Gasteiger partial charge in [-0.15, -0.1) is 0 Å². The molecule has 2 aromatic rings. The summed E-state index contributed by atoms with van der Waals surface area (Å²) in [5.74, 6) is 1.32. The van der Waals surface area contributed by atoms with E-state index in [1.165, 1.54) is 0 Å². The summed E-state index contributed by atoms with van der Waals surface area (Å²) in [4.78, 5) is 11.9. The maximum absolute atomic E-state index is 13.6. The Balaban J connectivity index is 2.04. The summed E-state index contributed by atoms with van der Waals surface area (Å²) in [6.45, 7) is 10.3. The average molecular weight is 472 g/mol. The number of hydrogen-bond acceptors (Lipinski definition) is 5. The van der Waals surface area contributed by atoms with Crippen molar-refractivity contribution in [2.24, 2.45) is 0 Å². The Labute approximate surface area is 196 Å². The van der Waals surface area contributed by atoms with Gasteiger partial charge in [0.25, 0.3) is 0 Å². The lowest BCUT2D eigenvalue weighted by Gasteiger charge is -2.27. The predicted molar refractivity (Wildman–Crippen MR) is 133 cm³/mol. The summed E-state index contributed by atoms with van der Waals surface area (Å²) in [5.41, 5.74) is 4.71. The average Bonchev–Trinajstić information content (AvgIpc) is 2.78. The van der Waals surface area contributed by atoms with E-state index in [2.05, 4.69) is 24.7 Å². The fourth-order valence-corrected chi connectivity index (χ4v) is 5.26. The van der Waals surface area contributed by atoms with E-state index >= 15 is 0 Å². The Morgan fingerprint density at radius 2 is 1.94 bits per heavy atom. The quantitative estimate of drug-likeness (QED) is 0.229. The second kappa shape index (κ2) is 11.0. The van der Waals surface area contributed by atoms with Crippen LogP contribution in [-0.4, -0.2) is 25.8 Å². The first-order valence-corrected chi connectivity index (χ1v) is 13.4. The molecule has 0 aromatic heterocycles. The number of benzene rings is 2. The third-order valence-corrected chi connectivity index (χ3v) is 7.66. The first-order valence-electron chi connectivity index (χ1n) is 11.6. The minimum Gasteiger partial charge on any atom is -0.466 e. The molecule has 0 saturated carbocycles. The lowest BCUT2D eigenvalue weighted by Crippen LogP contribution is -2.16. The standard InChI is InChI=1S/C26H34NO5P/c1-6-8-9-10-20-16-23-26(22-15-18(3)11-12-21(22)19(4)31-23)24(17-20)32-33(29,27-5)14-13-25(28)30-7-2/h11-12,15-17H,4,6-10,13-14H2,1-3,5H3,(H,27,29). The Morgan fingerprint density at radius 3 is 2.64 bits per heavy atom. The highest BCUT2D eigenvalue weighted by Gasteiger charge is 2.30. The Bertz CT molecular complexity index is 1080. The molecule has 1 N–H and O–H groups in total. The van der Waals surface area contributed by atoms with Crippen molar-refractivity contribution in [2.75, 3.05) is 19.8 Å². The van der Waals surface area contributed by atoms with E-state index in [1.807, 2.05) is 31.2 Å². The smallest absolute Gasteiger partial charge is 0.316 e. The van der Waals surface area contributed by atoms with Gasteiger partial charge in [-0.2, -0.15) is 0 Å². The molecule has 178 valence electrons. The van der Waals surface area contributed by atoms with Crippen LogP contribution < -0.4 is 14.3 Å². The fraction of sp³-hybridized carbons (Fsp3) is 0.423. The van der Waals surface area contributed by atoms with Gasteiger partial charge in [0.2, 0.25) is 0 Å². The number of carbonyl (C=O) groups is 1. The summed E-state index contributed by atoms with van der Waals surface area (Å²) in [6.07, 6.45) is 4.19. The molecule has 6 nitrogen and oxygen atoms in total. The monoisotopic (exact) mass is 471 g/mol.